The van der Waals surface area contributed by atoms with Gasteiger partial charge in [0.15, 0.2) is 5.76 Å². The molecule has 3 aromatic carbocycles. The van der Waals surface area contributed by atoms with Gasteiger partial charge in [-0.15, -0.1) is 0 Å². The van der Waals surface area contributed by atoms with E-state index in [0.29, 0.717) is 16.3 Å². The first-order valence-electron chi connectivity index (χ1n) is 9.41. The van der Waals surface area contributed by atoms with Crippen molar-refractivity contribution in [2.45, 2.75) is 12.6 Å². The molecule has 1 heterocycles. The van der Waals surface area contributed by atoms with E-state index in [9.17, 15) is 13.6 Å². The van der Waals surface area contributed by atoms with Crippen LogP contribution in [0.5, 0.6) is 0 Å². The second-order valence-corrected chi connectivity index (χ2v) is 7.35. The van der Waals surface area contributed by atoms with Crippen molar-refractivity contribution in [2.24, 2.45) is 5.92 Å². The third kappa shape index (κ3) is 3.94. The predicted octanol–water partition coefficient (Wildman–Crippen LogP) is 6.37. The van der Waals surface area contributed by atoms with Crippen molar-refractivity contribution in [3.05, 3.63) is 113 Å². The molecule has 30 heavy (non-hydrogen) atoms. The number of halogens is 3. The Morgan fingerprint density at radius 2 is 1.50 bits per heavy atom. The zero-order valence-electron chi connectivity index (χ0n) is 15.8. The molecule has 152 valence electrons. The third-order valence-electron chi connectivity index (χ3n) is 5.05. The lowest BCUT2D eigenvalue weighted by atomic mass is 9.80. The van der Waals surface area contributed by atoms with Gasteiger partial charge in [-0.2, -0.15) is 8.78 Å². The Hall–Kier alpha value is -3.18. The van der Waals surface area contributed by atoms with Gasteiger partial charge in [0.05, 0.1) is 6.04 Å². The predicted molar refractivity (Wildman–Crippen MR) is 112 cm³/mol. The minimum atomic E-state index is -1.99. The van der Waals surface area contributed by atoms with Gasteiger partial charge in [0.1, 0.15) is 12.5 Å². The van der Waals surface area contributed by atoms with Crippen molar-refractivity contribution in [2.75, 3.05) is 4.90 Å². The minimum absolute atomic E-state index is 0.0457. The standard InChI is InChI=1S/C24H18ClF2NO2/c25-18-13-11-17(12-14-18)21-20(24(29)28(21)19-9-5-2-6-10-19)22(23(26)27)30-15-16-7-3-1-4-8-16/h1-14,20-21H,15H2/t20-,21+/m1/s1. The summed E-state index contributed by atoms with van der Waals surface area (Å²) in [6.07, 6.45) is -1.99. The molecule has 0 aliphatic carbocycles. The van der Waals surface area contributed by atoms with Gasteiger partial charge >= 0.3 is 6.08 Å². The molecule has 1 amide bonds. The van der Waals surface area contributed by atoms with Gasteiger partial charge in [-0.3, -0.25) is 4.79 Å². The van der Waals surface area contributed by atoms with Gasteiger partial charge in [-0.25, -0.2) is 0 Å². The van der Waals surface area contributed by atoms with E-state index in [1.165, 1.54) is 4.90 Å². The highest BCUT2D eigenvalue weighted by Gasteiger charge is 2.53. The molecule has 2 atom stereocenters. The number of amides is 1. The molecule has 1 saturated heterocycles. The number of ether oxygens (including phenoxy) is 1. The first-order chi connectivity index (χ1) is 14.6. The summed E-state index contributed by atoms with van der Waals surface area (Å²) in [5.41, 5.74) is 2.08. The van der Waals surface area contributed by atoms with Crippen LogP contribution in [0, 0.1) is 5.92 Å². The molecule has 1 aliphatic heterocycles. The average Bonchev–Trinajstić information content (AvgIpc) is 2.76. The molecule has 0 aromatic heterocycles. The fourth-order valence-corrected chi connectivity index (χ4v) is 3.75. The van der Waals surface area contributed by atoms with Crippen molar-refractivity contribution in [1.82, 2.24) is 0 Å². The molecule has 0 bridgehead atoms. The fourth-order valence-electron chi connectivity index (χ4n) is 3.62. The van der Waals surface area contributed by atoms with Crippen LogP contribution in [0.25, 0.3) is 0 Å². The van der Waals surface area contributed by atoms with E-state index in [4.69, 9.17) is 16.3 Å². The molecular weight excluding hydrogens is 408 g/mol. The summed E-state index contributed by atoms with van der Waals surface area (Å²) in [6.45, 7) is -0.0457. The van der Waals surface area contributed by atoms with Gasteiger partial charge in [-0.1, -0.05) is 72.3 Å². The number of β-lactam (4-membered cyclic amide) rings is 1. The summed E-state index contributed by atoms with van der Waals surface area (Å²) < 4.78 is 33.3. The SMILES string of the molecule is O=C1[C@@H](C(OCc2ccccc2)=C(F)F)[C@H](c2ccc(Cl)cc2)N1c1ccccc1. The summed E-state index contributed by atoms with van der Waals surface area (Å²) in [7, 11) is 0. The Morgan fingerprint density at radius 1 is 0.900 bits per heavy atom. The largest absolute Gasteiger partial charge is 0.487 e. The fraction of sp³-hybridized carbons (Fsp3) is 0.125. The summed E-state index contributed by atoms with van der Waals surface area (Å²) in [5, 5.41) is 0.528. The number of carbonyl (C=O) groups excluding carboxylic acids is 1. The van der Waals surface area contributed by atoms with E-state index < -0.39 is 29.7 Å². The van der Waals surface area contributed by atoms with Crippen LogP contribution in [-0.2, 0) is 16.1 Å². The maximum atomic E-state index is 13.9. The molecule has 0 saturated carbocycles. The van der Waals surface area contributed by atoms with Crippen LogP contribution in [0.1, 0.15) is 17.2 Å². The number of hydrogen-bond donors (Lipinski definition) is 0. The van der Waals surface area contributed by atoms with Crippen LogP contribution in [0.2, 0.25) is 5.02 Å². The van der Waals surface area contributed by atoms with Gasteiger partial charge in [-0.05, 0) is 35.4 Å². The van der Waals surface area contributed by atoms with Crippen molar-refractivity contribution < 1.29 is 18.3 Å². The van der Waals surface area contributed by atoms with Crippen molar-refractivity contribution in [3.63, 3.8) is 0 Å². The number of rotatable bonds is 6. The monoisotopic (exact) mass is 425 g/mol. The van der Waals surface area contributed by atoms with Crippen LogP contribution in [0.15, 0.2) is 96.8 Å². The summed E-state index contributed by atoms with van der Waals surface area (Å²) in [6, 6.07) is 24.2. The first-order valence-corrected chi connectivity index (χ1v) is 9.79. The second-order valence-electron chi connectivity index (χ2n) is 6.92. The van der Waals surface area contributed by atoms with Gasteiger partial charge < -0.3 is 9.64 Å². The second kappa shape index (κ2) is 8.67. The van der Waals surface area contributed by atoms with Crippen LogP contribution >= 0.6 is 11.6 Å². The molecule has 6 heteroatoms. The van der Waals surface area contributed by atoms with E-state index in [1.54, 1.807) is 72.8 Å². The van der Waals surface area contributed by atoms with Crippen LogP contribution in [0.4, 0.5) is 14.5 Å². The van der Waals surface area contributed by atoms with Crippen LogP contribution < -0.4 is 4.90 Å². The quantitative estimate of drug-likeness (QED) is 0.339. The van der Waals surface area contributed by atoms with E-state index in [0.717, 1.165) is 5.56 Å². The smallest absolute Gasteiger partial charge is 0.308 e. The number of hydrogen-bond acceptors (Lipinski definition) is 2. The Labute approximate surface area is 178 Å². The number of carbonyl (C=O) groups is 1. The van der Waals surface area contributed by atoms with Crippen molar-refractivity contribution in [3.8, 4) is 0 Å². The lowest BCUT2D eigenvalue weighted by molar-refractivity contribution is -0.131. The Kier molecular flexibility index (Phi) is 5.81. The first kappa shape index (κ1) is 20.1. The summed E-state index contributed by atoms with van der Waals surface area (Å²) in [4.78, 5) is 14.5. The zero-order valence-corrected chi connectivity index (χ0v) is 16.6. The Balaban J connectivity index is 1.68. The number of benzene rings is 3. The van der Waals surface area contributed by atoms with Crippen LogP contribution in [-0.4, -0.2) is 5.91 Å². The zero-order chi connectivity index (χ0) is 21.1. The van der Waals surface area contributed by atoms with Gasteiger partial charge in [0, 0.05) is 10.7 Å². The Bertz CT molecular complexity index is 1050. The molecule has 0 N–H and O–H groups in total. The third-order valence-corrected chi connectivity index (χ3v) is 5.30. The molecule has 1 aliphatic rings. The number of para-hydroxylation sites is 1. The topological polar surface area (TPSA) is 29.5 Å². The number of nitrogens with zero attached hydrogens (tertiary/aromatic N) is 1. The summed E-state index contributed by atoms with van der Waals surface area (Å²) in [5.74, 6) is -2.13. The molecule has 4 rings (SSSR count). The normalized spacial score (nSPS) is 18.0. The maximum absolute atomic E-state index is 13.9. The molecule has 3 aromatic rings. The molecular formula is C24H18ClF2NO2. The molecule has 3 nitrogen and oxygen atoms in total. The molecule has 0 unspecified atom stereocenters. The van der Waals surface area contributed by atoms with Gasteiger partial charge in [0.2, 0.25) is 5.91 Å². The van der Waals surface area contributed by atoms with E-state index in [1.807, 2.05) is 12.1 Å². The molecule has 0 spiro atoms. The lowest BCUT2D eigenvalue weighted by Crippen LogP contribution is -2.56. The van der Waals surface area contributed by atoms with E-state index in [-0.39, 0.29) is 6.61 Å². The molecule has 0 radical (unpaired) electrons. The Morgan fingerprint density at radius 3 is 2.10 bits per heavy atom. The van der Waals surface area contributed by atoms with E-state index in [2.05, 4.69) is 0 Å². The van der Waals surface area contributed by atoms with Gasteiger partial charge in [0.25, 0.3) is 0 Å². The highest BCUT2D eigenvalue weighted by atomic mass is 35.5. The molecule has 1 fully saturated rings. The van der Waals surface area contributed by atoms with E-state index >= 15 is 0 Å². The highest BCUT2D eigenvalue weighted by Crippen LogP contribution is 2.48. The van der Waals surface area contributed by atoms with Crippen molar-refractivity contribution in [1.29, 1.82) is 0 Å². The minimum Gasteiger partial charge on any atom is -0.487 e. The lowest BCUT2D eigenvalue weighted by Gasteiger charge is -2.47. The highest BCUT2D eigenvalue weighted by molar-refractivity contribution is 6.30. The number of anilines is 1. The maximum Gasteiger partial charge on any atom is 0.308 e. The average molecular weight is 426 g/mol. The summed E-state index contributed by atoms with van der Waals surface area (Å²) >= 11 is 5.99. The van der Waals surface area contributed by atoms with Crippen LogP contribution in [0.3, 0.4) is 0 Å². The van der Waals surface area contributed by atoms with Crippen molar-refractivity contribution >= 4 is 23.2 Å².